The second kappa shape index (κ2) is 6.07. The third-order valence-electron chi connectivity index (χ3n) is 2.65. The van der Waals surface area contributed by atoms with Gasteiger partial charge in [-0.25, -0.2) is 0 Å². The van der Waals surface area contributed by atoms with Gasteiger partial charge in [0, 0.05) is 21.2 Å². The molecule has 20 heavy (non-hydrogen) atoms. The first-order chi connectivity index (χ1) is 9.50. The third-order valence-corrected chi connectivity index (χ3v) is 3.31. The monoisotopic (exact) mass is 306 g/mol. The standard InChI is InChI=1S/C15H12Cl2N2O/c1-10(2)15(20)19-11(8-9-18-19)6-7-12-13(16)4-3-5-14(12)17/h3-9H,1H2,2H3. The fourth-order valence-corrected chi connectivity index (χ4v) is 2.15. The van der Waals surface area contributed by atoms with Crippen LogP contribution in [0.3, 0.4) is 0 Å². The molecule has 5 heteroatoms. The zero-order valence-corrected chi connectivity index (χ0v) is 12.3. The van der Waals surface area contributed by atoms with Crippen molar-refractivity contribution in [2.45, 2.75) is 6.92 Å². The molecule has 0 fully saturated rings. The van der Waals surface area contributed by atoms with Crippen LogP contribution in [0.25, 0.3) is 12.2 Å². The predicted octanol–water partition coefficient (Wildman–Crippen LogP) is 4.58. The molecule has 0 N–H and O–H groups in total. The van der Waals surface area contributed by atoms with Gasteiger partial charge in [0.15, 0.2) is 0 Å². The summed E-state index contributed by atoms with van der Waals surface area (Å²) in [5.74, 6) is -0.250. The Morgan fingerprint density at radius 3 is 2.50 bits per heavy atom. The van der Waals surface area contributed by atoms with E-state index in [1.807, 2.05) is 0 Å². The minimum absolute atomic E-state index is 0.250. The maximum Gasteiger partial charge on any atom is 0.273 e. The van der Waals surface area contributed by atoms with Crippen molar-refractivity contribution in [2.75, 3.05) is 0 Å². The molecule has 0 atom stereocenters. The van der Waals surface area contributed by atoms with E-state index >= 15 is 0 Å². The Morgan fingerprint density at radius 1 is 1.25 bits per heavy atom. The van der Waals surface area contributed by atoms with E-state index in [1.165, 1.54) is 4.68 Å². The van der Waals surface area contributed by atoms with Gasteiger partial charge in [-0.05, 0) is 37.3 Å². The first kappa shape index (κ1) is 14.6. The molecular formula is C15H12Cl2N2O. The van der Waals surface area contributed by atoms with Gasteiger partial charge in [0.25, 0.3) is 5.91 Å². The van der Waals surface area contributed by atoms with Gasteiger partial charge < -0.3 is 0 Å². The third kappa shape index (κ3) is 3.00. The summed E-state index contributed by atoms with van der Waals surface area (Å²) >= 11 is 12.2. The fraction of sp³-hybridized carbons (Fsp3) is 0.0667. The summed E-state index contributed by atoms with van der Waals surface area (Å²) < 4.78 is 1.28. The van der Waals surface area contributed by atoms with Gasteiger partial charge in [-0.1, -0.05) is 35.8 Å². The highest BCUT2D eigenvalue weighted by atomic mass is 35.5. The molecule has 2 aromatic rings. The summed E-state index contributed by atoms with van der Waals surface area (Å²) in [6, 6.07) is 7.01. The molecule has 1 aromatic carbocycles. The highest BCUT2D eigenvalue weighted by Crippen LogP contribution is 2.26. The number of carbonyl (C=O) groups excluding carboxylic acids is 1. The Labute approximate surface area is 127 Å². The molecule has 0 bridgehead atoms. The van der Waals surface area contributed by atoms with Crippen molar-refractivity contribution < 1.29 is 4.79 Å². The van der Waals surface area contributed by atoms with Crippen LogP contribution in [-0.4, -0.2) is 15.7 Å². The molecule has 0 aliphatic rings. The largest absolute Gasteiger partial charge is 0.273 e. The van der Waals surface area contributed by atoms with Crippen LogP contribution in [0, 0.1) is 0 Å². The van der Waals surface area contributed by atoms with Gasteiger partial charge >= 0.3 is 0 Å². The van der Waals surface area contributed by atoms with Gasteiger partial charge in [-0.3, -0.25) is 4.79 Å². The maximum atomic E-state index is 11.9. The van der Waals surface area contributed by atoms with Gasteiger partial charge in [-0.15, -0.1) is 0 Å². The van der Waals surface area contributed by atoms with Crippen LogP contribution < -0.4 is 0 Å². The number of halogens is 2. The van der Waals surface area contributed by atoms with Crippen LogP contribution in [0.4, 0.5) is 0 Å². The number of benzene rings is 1. The van der Waals surface area contributed by atoms with E-state index in [9.17, 15) is 4.79 Å². The fourth-order valence-electron chi connectivity index (χ4n) is 1.63. The number of aromatic nitrogens is 2. The van der Waals surface area contributed by atoms with Crippen molar-refractivity contribution in [2.24, 2.45) is 0 Å². The summed E-state index contributed by atoms with van der Waals surface area (Å²) in [5.41, 5.74) is 1.75. The molecule has 0 saturated carbocycles. The van der Waals surface area contributed by atoms with Crippen LogP contribution >= 0.6 is 23.2 Å². The highest BCUT2D eigenvalue weighted by molar-refractivity contribution is 6.37. The second-order valence-corrected chi connectivity index (χ2v) is 5.04. The predicted molar refractivity (Wildman–Crippen MR) is 83.1 cm³/mol. The quantitative estimate of drug-likeness (QED) is 0.778. The van der Waals surface area contributed by atoms with E-state index in [4.69, 9.17) is 23.2 Å². The van der Waals surface area contributed by atoms with E-state index < -0.39 is 0 Å². The number of allylic oxidation sites excluding steroid dienone is 1. The summed E-state index contributed by atoms with van der Waals surface area (Å²) in [6.45, 7) is 5.26. The zero-order chi connectivity index (χ0) is 14.7. The van der Waals surface area contributed by atoms with Crippen LogP contribution in [0.5, 0.6) is 0 Å². The molecule has 1 aromatic heterocycles. The first-order valence-electron chi connectivity index (χ1n) is 5.87. The molecule has 0 radical (unpaired) electrons. The van der Waals surface area contributed by atoms with E-state index in [1.54, 1.807) is 49.5 Å². The average molecular weight is 307 g/mol. The molecule has 102 valence electrons. The van der Waals surface area contributed by atoms with Gasteiger partial charge in [0.05, 0.1) is 11.9 Å². The Balaban J connectivity index is 2.36. The summed E-state index contributed by atoms with van der Waals surface area (Å²) in [6.07, 6.45) is 5.04. The van der Waals surface area contributed by atoms with Crippen molar-refractivity contribution in [3.05, 3.63) is 63.9 Å². The zero-order valence-electron chi connectivity index (χ0n) is 10.8. The van der Waals surface area contributed by atoms with E-state index in [2.05, 4.69) is 11.7 Å². The molecule has 0 spiro atoms. The normalized spacial score (nSPS) is 10.9. The Morgan fingerprint density at radius 2 is 1.90 bits per heavy atom. The first-order valence-corrected chi connectivity index (χ1v) is 6.62. The lowest BCUT2D eigenvalue weighted by molar-refractivity contribution is 0.0940. The van der Waals surface area contributed by atoms with Crippen molar-refractivity contribution in [1.29, 1.82) is 0 Å². The van der Waals surface area contributed by atoms with Gasteiger partial charge in [0.2, 0.25) is 0 Å². The Bertz CT molecular complexity index is 681. The number of hydrogen-bond donors (Lipinski definition) is 0. The number of nitrogens with zero attached hydrogens (tertiary/aromatic N) is 2. The lowest BCUT2D eigenvalue weighted by atomic mass is 10.2. The average Bonchev–Trinajstić information content (AvgIpc) is 2.85. The second-order valence-electron chi connectivity index (χ2n) is 4.22. The highest BCUT2D eigenvalue weighted by Gasteiger charge is 2.09. The molecule has 2 rings (SSSR count). The molecule has 0 aliphatic carbocycles. The number of hydrogen-bond acceptors (Lipinski definition) is 2. The van der Waals surface area contributed by atoms with Gasteiger partial charge in [0.1, 0.15) is 0 Å². The van der Waals surface area contributed by atoms with E-state index in [0.29, 0.717) is 26.9 Å². The number of carbonyl (C=O) groups is 1. The van der Waals surface area contributed by atoms with Crippen molar-refractivity contribution in [3.8, 4) is 0 Å². The van der Waals surface area contributed by atoms with Crippen molar-refractivity contribution in [3.63, 3.8) is 0 Å². The Hall–Kier alpha value is -1.84. The van der Waals surface area contributed by atoms with Crippen LogP contribution in [-0.2, 0) is 0 Å². The minimum Gasteiger partial charge on any atom is -0.267 e. The topological polar surface area (TPSA) is 34.9 Å². The SMILES string of the molecule is C=C(C)C(=O)n1nccc1C=Cc1c(Cl)cccc1Cl. The van der Waals surface area contributed by atoms with E-state index in [0.717, 1.165) is 0 Å². The molecular weight excluding hydrogens is 295 g/mol. The Kier molecular flexibility index (Phi) is 4.42. The summed E-state index contributed by atoms with van der Waals surface area (Å²) in [7, 11) is 0. The molecule has 3 nitrogen and oxygen atoms in total. The van der Waals surface area contributed by atoms with Crippen molar-refractivity contribution >= 4 is 41.3 Å². The van der Waals surface area contributed by atoms with Crippen molar-refractivity contribution in [1.82, 2.24) is 9.78 Å². The van der Waals surface area contributed by atoms with Crippen LogP contribution in [0.15, 0.2) is 42.6 Å². The van der Waals surface area contributed by atoms with E-state index in [-0.39, 0.29) is 5.91 Å². The maximum absolute atomic E-state index is 11.9. The lowest BCUT2D eigenvalue weighted by Crippen LogP contribution is -2.14. The smallest absolute Gasteiger partial charge is 0.267 e. The molecule has 0 aliphatic heterocycles. The summed E-state index contributed by atoms with van der Waals surface area (Å²) in [4.78, 5) is 11.9. The minimum atomic E-state index is -0.250. The summed E-state index contributed by atoms with van der Waals surface area (Å²) in [5, 5.41) is 5.08. The molecule has 0 amide bonds. The molecule has 1 heterocycles. The van der Waals surface area contributed by atoms with Gasteiger partial charge in [-0.2, -0.15) is 9.78 Å². The van der Waals surface area contributed by atoms with Crippen LogP contribution in [0.2, 0.25) is 10.0 Å². The number of rotatable bonds is 3. The molecule has 0 saturated heterocycles. The lowest BCUT2D eigenvalue weighted by Gasteiger charge is -2.03. The molecule has 0 unspecified atom stereocenters. The van der Waals surface area contributed by atoms with Crippen LogP contribution in [0.1, 0.15) is 23.0 Å².